The third-order valence-corrected chi connectivity index (χ3v) is 4.10. The van der Waals surface area contributed by atoms with Crippen LogP contribution in [0.1, 0.15) is 90.4 Å². The molecular formula is C16H32O2SZn. The summed E-state index contributed by atoms with van der Waals surface area (Å²) in [6.07, 6.45) is 16.5. The van der Waals surface area contributed by atoms with Crippen LogP contribution in [-0.4, -0.2) is 16.3 Å². The van der Waals surface area contributed by atoms with Gasteiger partial charge in [-0.3, -0.25) is 4.79 Å². The van der Waals surface area contributed by atoms with Gasteiger partial charge in [0.1, 0.15) is 0 Å². The van der Waals surface area contributed by atoms with Gasteiger partial charge in [-0.05, 0) is 6.42 Å². The van der Waals surface area contributed by atoms with E-state index in [2.05, 4.69) is 19.6 Å². The molecule has 1 N–H and O–H groups in total. The molecule has 2 nitrogen and oxygen atoms in total. The van der Waals surface area contributed by atoms with Crippen LogP contribution in [0.15, 0.2) is 0 Å². The van der Waals surface area contributed by atoms with E-state index in [4.69, 9.17) is 5.11 Å². The monoisotopic (exact) mass is 352 g/mol. The van der Waals surface area contributed by atoms with Gasteiger partial charge in [0.05, 0.1) is 5.25 Å². The van der Waals surface area contributed by atoms with Crippen molar-refractivity contribution in [2.24, 2.45) is 0 Å². The van der Waals surface area contributed by atoms with Gasteiger partial charge in [0, 0.05) is 19.5 Å². The van der Waals surface area contributed by atoms with E-state index in [0.717, 1.165) is 12.8 Å². The Morgan fingerprint density at radius 1 is 0.850 bits per heavy atom. The smallest absolute Gasteiger partial charge is 0.316 e. The van der Waals surface area contributed by atoms with Crippen molar-refractivity contribution in [3.05, 3.63) is 0 Å². The van der Waals surface area contributed by atoms with E-state index < -0.39 is 11.2 Å². The van der Waals surface area contributed by atoms with Gasteiger partial charge in [-0.25, -0.2) is 0 Å². The van der Waals surface area contributed by atoms with Gasteiger partial charge in [-0.1, -0.05) is 84.0 Å². The van der Waals surface area contributed by atoms with Crippen molar-refractivity contribution in [1.29, 1.82) is 0 Å². The van der Waals surface area contributed by atoms with E-state index in [0.29, 0.717) is 6.42 Å². The summed E-state index contributed by atoms with van der Waals surface area (Å²) in [6, 6.07) is 0. The van der Waals surface area contributed by atoms with Crippen molar-refractivity contribution in [1.82, 2.24) is 0 Å². The number of hydrogen-bond donors (Lipinski definition) is 2. The molecule has 0 aliphatic carbocycles. The molecule has 0 saturated heterocycles. The molecule has 0 heterocycles. The van der Waals surface area contributed by atoms with Crippen LogP contribution >= 0.6 is 12.6 Å². The van der Waals surface area contributed by atoms with Crippen molar-refractivity contribution < 1.29 is 29.4 Å². The summed E-state index contributed by atoms with van der Waals surface area (Å²) in [5.41, 5.74) is 0. The number of unbranched alkanes of at least 4 members (excludes halogenated alkanes) is 11. The molecule has 0 amide bonds. The zero-order valence-electron chi connectivity index (χ0n) is 13.3. The second-order valence-corrected chi connectivity index (χ2v) is 6.16. The third kappa shape index (κ3) is 16.5. The third-order valence-electron chi connectivity index (χ3n) is 3.62. The zero-order valence-corrected chi connectivity index (χ0v) is 17.1. The van der Waals surface area contributed by atoms with Crippen molar-refractivity contribution in [3.8, 4) is 0 Å². The maximum atomic E-state index is 10.6. The first-order valence-corrected chi connectivity index (χ1v) is 8.61. The average molecular weight is 354 g/mol. The largest absolute Gasteiger partial charge is 0.480 e. The molecule has 0 aliphatic heterocycles. The number of aliphatic carboxylic acids is 1. The van der Waals surface area contributed by atoms with Crippen LogP contribution in [0.3, 0.4) is 0 Å². The Morgan fingerprint density at radius 3 is 1.55 bits per heavy atom. The van der Waals surface area contributed by atoms with Gasteiger partial charge in [0.15, 0.2) is 0 Å². The predicted octanol–water partition coefficient (Wildman–Crippen LogP) is 5.46. The fourth-order valence-electron chi connectivity index (χ4n) is 2.30. The predicted molar refractivity (Wildman–Crippen MR) is 86.1 cm³/mol. The minimum Gasteiger partial charge on any atom is -0.480 e. The zero-order chi connectivity index (χ0) is 14.3. The molecule has 20 heavy (non-hydrogen) atoms. The van der Waals surface area contributed by atoms with Crippen LogP contribution in [0.2, 0.25) is 0 Å². The topological polar surface area (TPSA) is 37.3 Å². The fraction of sp³-hybridized carbons (Fsp3) is 0.938. The summed E-state index contributed by atoms with van der Waals surface area (Å²) in [6.45, 7) is 2.26. The molecule has 0 aromatic rings. The molecular weight excluding hydrogens is 322 g/mol. The van der Waals surface area contributed by atoms with Crippen molar-refractivity contribution in [3.63, 3.8) is 0 Å². The van der Waals surface area contributed by atoms with E-state index in [1.54, 1.807) is 0 Å². The van der Waals surface area contributed by atoms with E-state index in [1.807, 2.05) is 0 Å². The minimum absolute atomic E-state index is 0. The molecule has 0 saturated carbocycles. The Kier molecular flexibility index (Phi) is 19.9. The summed E-state index contributed by atoms with van der Waals surface area (Å²) in [4.78, 5) is 10.6. The molecule has 0 bridgehead atoms. The summed E-state index contributed by atoms with van der Waals surface area (Å²) in [5, 5.41) is 8.21. The van der Waals surface area contributed by atoms with Crippen LogP contribution in [0.25, 0.3) is 0 Å². The molecule has 116 valence electrons. The van der Waals surface area contributed by atoms with Gasteiger partial charge < -0.3 is 5.11 Å². The molecule has 0 aliphatic rings. The number of thiol groups is 1. The SMILES string of the molecule is CCCCCCCCCCCCCCC(S)C(=O)O.[Zn]. The first-order chi connectivity index (χ1) is 9.18. The summed E-state index contributed by atoms with van der Waals surface area (Å²) < 4.78 is 0. The van der Waals surface area contributed by atoms with Crippen LogP contribution in [0.5, 0.6) is 0 Å². The standard InChI is InChI=1S/C16H32O2S.Zn/c1-2-3-4-5-6-7-8-9-10-11-12-13-14-15(19)16(17)18;/h15,19H,2-14H2,1H3,(H,17,18);. The van der Waals surface area contributed by atoms with Gasteiger partial charge >= 0.3 is 5.97 Å². The van der Waals surface area contributed by atoms with Gasteiger partial charge in [0.2, 0.25) is 0 Å². The van der Waals surface area contributed by atoms with Gasteiger partial charge in [-0.2, -0.15) is 12.6 Å². The molecule has 1 unspecified atom stereocenters. The number of carboxylic acids is 1. The van der Waals surface area contributed by atoms with Crippen molar-refractivity contribution >= 4 is 18.6 Å². The van der Waals surface area contributed by atoms with Gasteiger partial charge in [0.25, 0.3) is 0 Å². The minimum atomic E-state index is -0.786. The molecule has 0 aromatic heterocycles. The van der Waals surface area contributed by atoms with Crippen LogP contribution in [0, 0.1) is 0 Å². The first kappa shape index (κ1) is 22.7. The Morgan fingerprint density at radius 2 is 1.20 bits per heavy atom. The summed E-state index contributed by atoms with van der Waals surface area (Å²) >= 11 is 4.03. The molecule has 0 aromatic carbocycles. The van der Waals surface area contributed by atoms with Crippen LogP contribution in [0.4, 0.5) is 0 Å². The number of carboxylic acid groups (broad SMARTS) is 1. The Balaban J connectivity index is 0. The van der Waals surface area contributed by atoms with Gasteiger partial charge in [-0.15, -0.1) is 0 Å². The van der Waals surface area contributed by atoms with Crippen LogP contribution in [-0.2, 0) is 24.3 Å². The van der Waals surface area contributed by atoms with E-state index in [1.165, 1.54) is 64.2 Å². The first-order valence-electron chi connectivity index (χ1n) is 8.09. The molecule has 4 heteroatoms. The maximum Gasteiger partial charge on any atom is 0.316 e. The van der Waals surface area contributed by atoms with Crippen LogP contribution < -0.4 is 0 Å². The maximum absolute atomic E-state index is 10.6. The second kappa shape index (κ2) is 17.5. The normalized spacial score (nSPS) is 11.9. The molecule has 0 radical (unpaired) electrons. The number of carbonyl (C=O) groups is 1. The molecule has 0 fully saturated rings. The quantitative estimate of drug-likeness (QED) is 0.247. The average Bonchev–Trinajstić information content (AvgIpc) is 2.39. The van der Waals surface area contributed by atoms with E-state index >= 15 is 0 Å². The van der Waals surface area contributed by atoms with Crippen molar-refractivity contribution in [2.75, 3.05) is 0 Å². The summed E-state index contributed by atoms with van der Waals surface area (Å²) in [5.74, 6) is -0.786. The molecule has 1 atom stereocenters. The Labute approximate surface area is 143 Å². The number of hydrogen-bond acceptors (Lipinski definition) is 2. The second-order valence-electron chi connectivity index (χ2n) is 5.53. The molecule has 0 rings (SSSR count). The fourth-order valence-corrected chi connectivity index (χ4v) is 2.48. The van der Waals surface area contributed by atoms with Crippen molar-refractivity contribution in [2.45, 2.75) is 95.6 Å². The Bertz CT molecular complexity index is 213. The summed E-state index contributed by atoms with van der Waals surface area (Å²) in [7, 11) is 0. The van der Waals surface area contributed by atoms with E-state index in [9.17, 15) is 4.79 Å². The molecule has 0 spiro atoms. The Hall–Kier alpha value is 0.443. The number of rotatable bonds is 14. The van der Waals surface area contributed by atoms with E-state index in [-0.39, 0.29) is 19.5 Å².